The van der Waals surface area contributed by atoms with Crippen molar-refractivity contribution in [3.05, 3.63) is 430 Å². The van der Waals surface area contributed by atoms with Gasteiger partial charge in [0.25, 0.3) is 0 Å². The topological polar surface area (TPSA) is 105 Å². The number of para-hydroxylation sites is 4. The van der Waals surface area contributed by atoms with Gasteiger partial charge in [0.1, 0.15) is 29.8 Å². The van der Waals surface area contributed by atoms with Gasteiger partial charge in [0.05, 0.1) is 54.9 Å². The van der Waals surface area contributed by atoms with Gasteiger partial charge in [-0.15, -0.1) is 11.3 Å². The van der Waals surface area contributed by atoms with Gasteiger partial charge in [-0.05, 0) is 139 Å². The standard InChI is InChI=1S/C45H35N3Si.C42H29N3OSi.C42H29N3SSi/c1-45(2)36-19-11-8-16-31(36)33-26-27-34-32-17-9-12-20-37(32)48(42(34)40(33)45)30-24-22-29(23-25-30)43-46-41(28-14-6-5-7-15-28)39-35-18-10-13-21-38(35)49(3,4)44(39)47-43;2*1-47(2)36-22-11-8-19-33(36)37-38(26-13-4-3-5-14-26)43-41(44-42(37)47)27-15-12-16-28(25-27)45-34-20-9-6-17-29(34)31-23-24-32-30-18-7-10-21-35(30)46-40(32)39(31)45/h5-27H,1-4H3;2*3-25H,1-2H3. The maximum atomic E-state index is 6.60. The minimum absolute atomic E-state index is 0.127. The van der Waals surface area contributed by atoms with Gasteiger partial charge < -0.3 is 18.1 Å². The molecule has 0 radical (unpaired) electrons. The lowest BCUT2D eigenvalue weighted by Crippen LogP contribution is -2.50. The summed E-state index contributed by atoms with van der Waals surface area (Å²) in [5.41, 5.74) is 34.5. The van der Waals surface area contributed by atoms with Crippen LogP contribution in [0.3, 0.4) is 0 Å². The van der Waals surface area contributed by atoms with Crippen LogP contribution in [0.1, 0.15) is 25.0 Å². The van der Waals surface area contributed by atoms with E-state index >= 15 is 0 Å². The van der Waals surface area contributed by atoms with E-state index in [0.29, 0.717) is 0 Å². The van der Waals surface area contributed by atoms with Crippen molar-refractivity contribution < 1.29 is 4.42 Å². The average Bonchev–Trinajstić information content (AvgIpc) is 1.54. The van der Waals surface area contributed by atoms with E-state index in [-0.39, 0.29) is 5.41 Å². The van der Waals surface area contributed by atoms with Gasteiger partial charge >= 0.3 is 0 Å². The van der Waals surface area contributed by atoms with Gasteiger partial charge in [-0.2, -0.15) is 0 Å². The Balaban J connectivity index is 0.000000105. The van der Waals surface area contributed by atoms with Crippen molar-refractivity contribution in [2.75, 3.05) is 0 Å². The fourth-order valence-electron chi connectivity index (χ4n) is 24.3. The highest BCUT2D eigenvalue weighted by atomic mass is 32.1. The van der Waals surface area contributed by atoms with Crippen molar-refractivity contribution >= 4 is 175 Å². The van der Waals surface area contributed by atoms with Crippen molar-refractivity contribution in [2.45, 2.75) is 58.5 Å². The smallest absolute Gasteiger partial charge is 0.160 e. The first-order valence-corrected chi connectivity index (χ1v) is 59.2. The third-order valence-electron chi connectivity index (χ3n) is 31.1. The maximum absolute atomic E-state index is 6.60. The Kier molecular flexibility index (Phi) is 18.8. The molecule has 3 aliphatic heterocycles. The molecule has 10 nitrogen and oxygen atoms in total. The summed E-state index contributed by atoms with van der Waals surface area (Å²) < 4.78 is 16.5. The quantitative estimate of drug-likeness (QED) is 0.133. The summed E-state index contributed by atoms with van der Waals surface area (Å²) in [7, 11) is -6.15. The Morgan fingerprint density at radius 3 is 1.13 bits per heavy atom. The lowest BCUT2D eigenvalue weighted by atomic mass is 9.81. The first-order valence-electron chi connectivity index (χ1n) is 49.4. The summed E-state index contributed by atoms with van der Waals surface area (Å²) in [5.74, 6) is 2.33. The zero-order chi connectivity index (χ0) is 95.6. The molecule has 18 aromatic carbocycles. The highest BCUT2D eigenvalue weighted by Gasteiger charge is 2.46. The number of hydrogen-bond acceptors (Lipinski definition) is 8. The fourth-order valence-corrected chi connectivity index (χ4v) is 34.3. The van der Waals surface area contributed by atoms with Crippen molar-refractivity contribution in [1.82, 2.24) is 43.6 Å². The number of benzene rings is 18. The Morgan fingerprint density at radius 1 is 0.259 bits per heavy atom. The van der Waals surface area contributed by atoms with E-state index in [4.69, 9.17) is 34.3 Å². The molecule has 678 valence electrons. The number of aromatic nitrogens is 9. The summed E-state index contributed by atoms with van der Waals surface area (Å²) in [6.07, 6.45) is 0. The maximum Gasteiger partial charge on any atom is 0.160 e. The number of furan rings is 1. The molecule has 8 aromatic heterocycles. The van der Waals surface area contributed by atoms with Crippen molar-refractivity contribution in [3.63, 3.8) is 0 Å². The lowest BCUT2D eigenvalue weighted by molar-refractivity contribution is 0.664. The number of fused-ring (bicyclic) bond motifs is 30. The second-order valence-corrected chi connectivity index (χ2v) is 54.4. The predicted octanol–water partition coefficient (Wildman–Crippen LogP) is 29.7. The SMILES string of the molecule is CC1(C)c2ccccc2-c2ccc3c4ccccc4n(-c4ccc(-c5nc(-c6ccccc6)c6c(n5)[Si](C)(C)c5ccccc5-6)cc4)c3c21.C[Si]1(C)c2ccccc2-c2c(-c3ccccc3)nc(-c3cccc(-n4c5ccccc5c5ccc6c7ccccc7oc6c54)c3)nc21.C[Si]1(C)c2ccccc2-c2c(-c3ccccc3)nc(-c3cccc(-n4c5ccccc5c5ccc6c7ccccc7sc6c54)c3)nc21. The Labute approximate surface area is 834 Å². The van der Waals surface area contributed by atoms with E-state index < -0.39 is 24.2 Å². The minimum atomic E-state index is -2.06. The monoisotopic (exact) mass is 1900 g/mol. The number of thiophene rings is 1. The van der Waals surface area contributed by atoms with Crippen LogP contribution in [0.2, 0.25) is 39.3 Å². The molecule has 11 heterocycles. The molecule has 0 spiro atoms. The molecule has 0 amide bonds. The predicted molar refractivity (Wildman–Crippen MR) is 606 cm³/mol. The molecule has 30 rings (SSSR count). The molecule has 0 unspecified atom stereocenters. The molecule has 26 aromatic rings. The first kappa shape index (κ1) is 84.3. The molecule has 0 saturated heterocycles. The average molecular weight is 1900 g/mol. The van der Waals surface area contributed by atoms with Gasteiger partial charge in [0, 0.05) is 147 Å². The van der Waals surface area contributed by atoms with E-state index in [2.05, 4.69) is 473 Å². The molecular formula is C129H93N9OSSi3. The second-order valence-electron chi connectivity index (χ2n) is 40.6. The number of hydrogen-bond donors (Lipinski definition) is 0. The molecule has 143 heavy (non-hydrogen) atoms. The molecule has 0 N–H and O–H groups in total. The number of rotatable bonds is 9. The Morgan fingerprint density at radius 2 is 0.629 bits per heavy atom. The Hall–Kier alpha value is -16.7. The first-order chi connectivity index (χ1) is 70.0. The largest absolute Gasteiger partial charge is 0.454 e. The minimum Gasteiger partial charge on any atom is -0.454 e. The van der Waals surface area contributed by atoms with Crippen LogP contribution in [0.5, 0.6) is 0 Å². The van der Waals surface area contributed by atoms with Gasteiger partial charge in [-0.3, -0.25) is 0 Å². The van der Waals surface area contributed by atoms with E-state index in [1.165, 1.54) is 162 Å². The van der Waals surface area contributed by atoms with Gasteiger partial charge in [0.15, 0.2) is 23.1 Å². The molecule has 4 aliphatic rings. The summed E-state index contributed by atoms with van der Waals surface area (Å²) in [6, 6.07) is 151. The van der Waals surface area contributed by atoms with Crippen LogP contribution in [0, 0.1) is 0 Å². The van der Waals surface area contributed by atoms with Crippen molar-refractivity contribution in [3.8, 4) is 130 Å². The normalized spacial score (nSPS) is 14.0. The van der Waals surface area contributed by atoms with E-state index in [9.17, 15) is 0 Å². The fraction of sp³-hybridized carbons (Fsp3) is 0.0698. The molecule has 0 saturated carbocycles. The second kappa shape index (κ2) is 31.9. The van der Waals surface area contributed by atoms with E-state index in [0.717, 1.165) is 118 Å². The highest BCUT2D eigenvalue weighted by Crippen LogP contribution is 2.55. The van der Waals surface area contributed by atoms with Crippen molar-refractivity contribution in [2.24, 2.45) is 0 Å². The third kappa shape index (κ3) is 12.7. The van der Waals surface area contributed by atoms with Gasteiger partial charge in [-0.25, -0.2) is 29.9 Å². The van der Waals surface area contributed by atoms with Crippen LogP contribution < -0.4 is 31.5 Å². The molecule has 1 aliphatic carbocycles. The van der Waals surface area contributed by atoms with Crippen LogP contribution in [-0.2, 0) is 5.41 Å². The summed E-state index contributed by atoms with van der Waals surface area (Å²) in [4.78, 5) is 32.3. The molecular weight excluding hydrogens is 1810 g/mol. The van der Waals surface area contributed by atoms with Crippen LogP contribution >= 0.6 is 11.3 Å². The van der Waals surface area contributed by atoms with E-state index in [1.807, 2.05) is 23.5 Å². The lowest BCUT2D eigenvalue weighted by Gasteiger charge is -2.23. The Bertz CT molecular complexity index is 9500. The zero-order valence-electron chi connectivity index (χ0n) is 80.2. The van der Waals surface area contributed by atoms with Gasteiger partial charge in [0.2, 0.25) is 0 Å². The van der Waals surface area contributed by atoms with Crippen LogP contribution in [0.4, 0.5) is 0 Å². The summed E-state index contributed by atoms with van der Waals surface area (Å²) in [5, 5.41) is 20.3. The van der Waals surface area contributed by atoms with Gasteiger partial charge in [-0.1, -0.05) is 387 Å². The third-order valence-corrected chi connectivity index (χ3v) is 42.3. The zero-order valence-corrected chi connectivity index (χ0v) is 84.0. The van der Waals surface area contributed by atoms with Crippen molar-refractivity contribution in [1.29, 1.82) is 0 Å². The van der Waals surface area contributed by atoms with Crippen LogP contribution in [-0.4, -0.2) is 67.8 Å². The number of nitrogens with zero attached hydrogens (tertiary/aromatic N) is 9. The molecule has 0 fully saturated rings. The highest BCUT2D eigenvalue weighted by molar-refractivity contribution is 7.26. The summed E-state index contributed by atoms with van der Waals surface area (Å²) >= 11 is 1.88. The summed E-state index contributed by atoms with van der Waals surface area (Å²) in [6.45, 7) is 19.3. The molecule has 0 bridgehead atoms. The van der Waals surface area contributed by atoms with Crippen LogP contribution in [0.25, 0.3) is 237 Å². The van der Waals surface area contributed by atoms with E-state index in [1.54, 1.807) is 0 Å². The van der Waals surface area contributed by atoms with Crippen LogP contribution in [0.15, 0.2) is 423 Å². The molecule has 14 heteroatoms. The molecule has 0 atom stereocenters.